The number of hydrogen-bond acceptors (Lipinski definition) is 1. The SMILES string of the molecule is O=C(NCC1CCCCC1)c1ccc(Cl)cc1F. The van der Waals surface area contributed by atoms with Crippen LogP contribution in [0.5, 0.6) is 0 Å². The highest BCUT2D eigenvalue weighted by Crippen LogP contribution is 2.23. The molecule has 1 N–H and O–H groups in total. The van der Waals surface area contributed by atoms with Gasteiger partial charge in [0.1, 0.15) is 5.82 Å². The maximum absolute atomic E-state index is 13.5. The molecule has 1 amide bonds. The minimum Gasteiger partial charge on any atom is -0.352 e. The molecule has 1 fully saturated rings. The van der Waals surface area contributed by atoms with Crippen LogP contribution >= 0.6 is 11.6 Å². The first-order valence-electron chi connectivity index (χ1n) is 6.40. The average molecular weight is 270 g/mol. The van der Waals surface area contributed by atoms with Crippen molar-refractivity contribution in [2.75, 3.05) is 6.54 Å². The van der Waals surface area contributed by atoms with Crippen molar-refractivity contribution in [1.29, 1.82) is 0 Å². The van der Waals surface area contributed by atoms with Crippen LogP contribution in [-0.4, -0.2) is 12.5 Å². The van der Waals surface area contributed by atoms with Crippen LogP contribution in [0.4, 0.5) is 4.39 Å². The zero-order chi connectivity index (χ0) is 13.0. The van der Waals surface area contributed by atoms with Gasteiger partial charge in [0.15, 0.2) is 0 Å². The Morgan fingerprint density at radius 2 is 2.06 bits per heavy atom. The van der Waals surface area contributed by atoms with Gasteiger partial charge in [-0.2, -0.15) is 0 Å². The lowest BCUT2D eigenvalue weighted by Crippen LogP contribution is -2.30. The van der Waals surface area contributed by atoms with E-state index in [9.17, 15) is 9.18 Å². The van der Waals surface area contributed by atoms with Gasteiger partial charge in [0, 0.05) is 11.6 Å². The Bertz CT molecular complexity index is 430. The van der Waals surface area contributed by atoms with Crippen LogP contribution in [0.3, 0.4) is 0 Å². The van der Waals surface area contributed by atoms with Gasteiger partial charge in [0.05, 0.1) is 5.56 Å². The Balaban J connectivity index is 1.90. The lowest BCUT2D eigenvalue weighted by Gasteiger charge is -2.21. The molecule has 1 saturated carbocycles. The predicted molar refractivity (Wildman–Crippen MR) is 70.3 cm³/mol. The van der Waals surface area contributed by atoms with Gasteiger partial charge in [-0.3, -0.25) is 4.79 Å². The fraction of sp³-hybridized carbons (Fsp3) is 0.500. The van der Waals surface area contributed by atoms with Crippen molar-refractivity contribution in [2.24, 2.45) is 5.92 Å². The molecule has 0 aromatic heterocycles. The van der Waals surface area contributed by atoms with Crippen molar-refractivity contribution < 1.29 is 9.18 Å². The monoisotopic (exact) mass is 269 g/mol. The first-order valence-corrected chi connectivity index (χ1v) is 6.78. The van der Waals surface area contributed by atoms with E-state index in [1.54, 1.807) is 0 Å². The number of halogens is 2. The van der Waals surface area contributed by atoms with Crippen molar-refractivity contribution in [1.82, 2.24) is 5.32 Å². The lowest BCUT2D eigenvalue weighted by atomic mass is 9.89. The third-order valence-corrected chi connectivity index (χ3v) is 3.69. The van der Waals surface area contributed by atoms with Gasteiger partial charge in [-0.05, 0) is 37.0 Å². The standard InChI is InChI=1S/C14H17ClFNO/c15-11-6-7-12(13(16)8-11)14(18)17-9-10-4-2-1-3-5-10/h6-8,10H,1-5,9H2,(H,17,18). The van der Waals surface area contributed by atoms with Crippen molar-refractivity contribution in [2.45, 2.75) is 32.1 Å². The van der Waals surface area contributed by atoms with E-state index in [0.29, 0.717) is 17.5 Å². The first kappa shape index (κ1) is 13.3. The highest BCUT2D eigenvalue weighted by molar-refractivity contribution is 6.30. The number of rotatable bonds is 3. The number of hydrogen-bond donors (Lipinski definition) is 1. The van der Waals surface area contributed by atoms with Gasteiger partial charge < -0.3 is 5.32 Å². The van der Waals surface area contributed by atoms with E-state index in [-0.39, 0.29) is 11.5 Å². The number of carbonyl (C=O) groups excluding carboxylic acids is 1. The van der Waals surface area contributed by atoms with E-state index in [1.807, 2.05) is 0 Å². The van der Waals surface area contributed by atoms with E-state index < -0.39 is 5.82 Å². The Morgan fingerprint density at radius 1 is 1.33 bits per heavy atom. The molecular formula is C14H17ClFNO. The second-order valence-electron chi connectivity index (χ2n) is 4.84. The fourth-order valence-electron chi connectivity index (χ4n) is 2.40. The number of carbonyl (C=O) groups is 1. The minimum absolute atomic E-state index is 0.0650. The zero-order valence-electron chi connectivity index (χ0n) is 10.2. The van der Waals surface area contributed by atoms with Gasteiger partial charge in [-0.25, -0.2) is 4.39 Å². The van der Waals surface area contributed by atoms with Crippen LogP contribution in [0.15, 0.2) is 18.2 Å². The van der Waals surface area contributed by atoms with Crippen LogP contribution in [0, 0.1) is 11.7 Å². The van der Waals surface area contributed by atoms with Gasteiger partial charge in [0.2, 0.25) is 0 Å². The summed E-state index contributed by atoms with van der Waals surface area (Å²) in [5.74, 6) is -0.378. The molecule has 18 heavy (non-hydrogen) atoms. The molecule has 98 valence electrons. The third-order valence-electron chi connectivity index (χ3n) is 3.45. The molecule has 0 saturated heterocycles. The molecule has 0 radical (unpaired) electrons. The van der Waals surface area contributed by atoms with Crippen molar-refractivity contribution in [3.63, 3.8) is 0 Å². The van der Waals surface area contributed by atoms with E-state index in [4.69, 9.17) is 11.6 Å². The van der Waals surface area contributed by atoms with Crippen LogP contribution < -0.4 is 5.32 Å². The fourth-order valence-corrected chi connectivity index (χ4v) is 2.56. The second-order valence-corrected chi connectivity index (χ2v) is 5.27. The number of nitrogens with one attached hydrogen (secondary N) is 1. The van der Waals surface area contributed by atoms with Gasteiger partial charge in [-0.1, -0.05) is 30.9 Å². The van der Waals surface area contributed by atoms with Crippen molar-refractivity contribution in [3.05, 3.63) is 34.6 Å². The first-order chi connectivity index (χ1) is 8.66. The maximum atomic E-state index is 13.5. The van der Waals surface area contributed by atoms with Gasteiger partial charge in [-0.15, -0.1) is 0 Å². The molecule has 0 unspecified atom stereocenters. The summed E-state index contributed by atoms with van der Waals surface area (Å²) in [5, 5.41) is 3.11. The van der Waals surface area contributed by atoms with Crippen LogP contribution in [0.1, 0.15) is 42.5 Å². The summed E-state index contributed by atoms with van der Waals surface area (Å²) in [5.41, 5.74) is 0.0650. The third kappa shape index (κ3) is 3.45. The Kier molecular flexibility index (Phi) is 4.59. The quantitative estimate of drug-likeness (QED) is 0.889. The summed E-state index contributed by atoms with van der Waals surface area (Å²) in [6, 6.07) is 4.12. The zero-order valence-corrected chi connectivity index (χ0v) is 11.0. The molecule has 0 bridgehead atoms. The summed E-state index contributed by atoms with van der Waals surface area (Å²) in [7, 11) is 0. The molecule has 0 heterocycles. The Morgan fingerprint density at radius 3 is 2.72 bits per heavy atom. The molecule has 0 aliphatic heterocycles. The Labute approximate surface area is 112 Å². The summed E-state index contributed by atoms with van der Waals surface area (Å²) >= 11 is 5.65. The normalized spacial score (nSPS) is 16.6. The van der Waals surface area contributed by atoms with Gasteiger partial charge in [0.25, 0.3) is 5.91 Å². The second kappa shape index (κ2) is 6.19. The molecular weight excluding hydrogens is 253 g/mol. The smallest absolute Gasteiger partial charge is 0.254 e. The van der Waals surface area contributed by atoms with E-state index in [1.165, 1.54) is 31.4 Å². The molecule has 2 rings (SSSR count). The van der Waals surface area contributed by atoms with Crippen molar-refractivity contribution in [3.8, 4) is 0 Å². The highest BCUT2D eigenvalue weighted by Gasteiger charge is 2.16. The molecule has 2 nitrogen and oxygen atoms in total. The molecule has 4 heteroatoms. The van der Waals surface area contributed by atoms with Crippen molar-refractivity contribution >= 4 is 17.5 Å². The molecule has 1 aromatic rings. The van der Waals surface area contributed by atoms with E-state index in [2.05, 4.69) is 5.32 Å². The van der Waals surface area contributed by atoms with Crippen LogP contribution in [0.2, 0.25) is 5.02 Å². The summed E-state index contributed by atoms with van der Waals surface area (Å²) in [4.78, 5) is 11.8. The molecule has 0 spiro atoms. The molecule has 1 aromatic carbocycles. The summed E-state index contributed by atoms with van der Waals surface area (Å²) < 4.78 is 13.5. The topological polar surface area (TPSA) is 29.1 Å². The number of amides is 1. The molecule has 0 atom stereocenters. The van der Waals surface area contributed by atoms with Gasteiger partial charge >= 0.3 is 0 Å². The Hall–Kier alpha value is -1.09. The predicted octanol–water partition coefficient (Wildman–Crippen LogP) is 3.79. The summed E-state index contributed by atoms with van der Waals surface area (Å²) in [6.07, 6.45) is 6.06. The van der Waals surface area contributed by atoms with Crippen LogP contribution in [-0.2, 0) is 0 Å². The van der Waals surface area contributed by atoms with E-state index in [0.717, 1.165) is 18.9 Å². The maximum Gasteiger partial charge on any atom is 0.254 e. The summed E-state index contributed by atoms with van der Waals surface area (Å²) in [6.45, 7) is 0.640. The van der Waals surface area contributed by atoms with E-state index >= 15 is 0 Å². The largest absolute Gasteiger partial charge is 0.352 e. The molecule has 1 aliphatic carbocycles. The molecule has 1 aliphatic rings. The lowest BCUT2D eigenvalue weighted by molar-refractivity contribution is 0.0939. The minimum atomic E-state index is -0.566. The average Bonchev–Trinajstić information content (AvgIpc) is 2.37. The van der Waals surface area contributed by atoms with Crippen LogP contribution in [0.25, 0.3) is 0 Å². The number of benzene rings is 1. The highest BCUT2D eigenvalue weighted by atomic mass is 35.5.